The second-order valence-corrected chi connectivity index (χ2v) is 5.72. The minimum Gasteiger partial charge on any atom is -0.491 e. The molecule has 1 saturated heterocycles. The Bertz CT molecular complexity index is 406. The Morgan fingerprint density at radius 1 is 1.40 bits per heavy atom. The van der Waals surface area contributed by atoms with Crippen LogP contribution in [0, 0.1) is 0 Å². The molecule has 1 aromatic rings. The number of nitrogens with zero attached hydrogens (tertiary/aromatic N) is 1. The SMILES string of the molecule is CCCC1CN(c2cccc(OC(C)CC)c2)CCN1. The van der Waals surface area contributed by atoms with E-state index in [4.69, 9.17) is 4.74 Å². The van der Waals surface area contributed by atoms with Gasteiger partial charge in [0.15, 0.2) is 0 Å². The van der Waals surface area contributed by atoms with Crippen LogP contribution >= 0.6 is 0 Å². The number of hydrogen-bond acceptors (Lipinski definition) is 3. The van der Waals surface area contributed by atoms with Crippen molar-refractivity contribution in [1.82, 2.24) is 5.32 Å². The van der Waals surface area contributed by atoms with E-state index in [-0.39, 0.29) is 6.10 Å². The lowest BCUT2D eigenvalue weighted by Gasteiger charge is -2.35. The van der Waals surface area contributed by atoms with Gasteiger partial charge in [0.05, 0.1) is 6.10 Å². The molecule has 2 unspecified atom stereocenters. The zero-order valence-electron chi connectivity index (χ0n) is 13.1. The van der Waals surface area contributed by atoms with Crippen molar-refractivity contribution in [3.8, 4) is 5.75 Å². The van der Waals surface area contributed by atoms with Gasteiger partial charge in [-0.2, -0.15) is 0 Å². The Kier molecular flexibility index (Phi) is 5.72. The summed E-state index contributed by atoms with van der Waals surface area (Å²) in [4.78, 5) is 2.47. The summed E-state index contributed by atoms with van der Waals surface area (Å²) in [6.07, 6.45) is 3.81. The molecule has 0 aromatic heterocycles. The zero-order chi connectivity index (χ0) is 14.4. The lowest BCUT2D eigenvalue weighted by atomic mass is 10.1. The van der Waals surface area contributed by atoms with E-state index in [9.17, 15) is 0 Å². The van der Waals surface area contributed by atoms with Crippen LogP contribution in [0.1, 0.15) is 40.0 Å². The third-order valence-corrected chi connectivity index (χ3v) is 3.99. The van der Waals surface area contributed by atoms with Crippen LogP contribution in [0.15, 0.2) is 24.3 Å². The quantitative estimate of drug-likeness (QED) is 0.861. The molecule has 0 saturated carbocycles. The predicted molar refractivity (Wildman–Crippen MR) is 85.7 cm³/mol. The minimum absolute atomic E-state index is 0.279. The van der Waals surface area contributed by atoms with Crippen LogP contribution in [0.3, 0.4) is 0 Å². The average Bonchev–Trinajstić information content (AvgIpc) is 2.48. The summed E-state index contributed by atoms with van der Waals surface area (Å²) in [5.41, 5.74) is 1.29. The molecular formula is C17H28N2O. The highest BCUT2D eigenvalue weighted by atomic mass is 16.5. The maximum Gasteiger partial charge on any atom is 0.121 e. The molecule has 0 amide bonds. The van der Waals surface area contributed by atoms with E-state index in [0.29, 0.717) is 6.04 Å². The Hall–Kier alpha value is -1.22. The lowest BCUT2D eigenvalue weighted by Crippen LogP contribution is -2.50. The fourth-order valence-electron chi connectivity index (χ4n) is 2.67. The van der Waals surface area contributed by atoms with Crippen molar-refractivity contribution >= 4 is 5.69 Å². The first kappa shape index (κ1) is 15.2. The molecule has 20 heavy (non-hydrogen) atoms. The van der Waals surface area contributed by atoms with Crippen molar-refractivity contribution < 1.29 is 4.74 Å². The van der Waals surface area contributed by atoms with E-state index < -0.39 is 0 Å². The molecule has 2 atom stereocenters. The van der Waals surface area contributed by atoms with Crippen LogP contribution in [0.2, 0.25) is 0 Å². The second-order valence-electron chi connectivity index (χ2n) is 5.72. The van der Waals surface area contributed by atoms with E-state index in [1.54, 1.807) is 0 Å². The normalized spacial score (nSPS) is 20.8. The van der Waals surface area contributed by atoms with Crippen molar-refractivity contribution in [3.05, 3.63) is 24.3 Å². The molecule has 112 valence electrons. The van der Waals surface area contributed by atoms with Gasteiger partial charge in [-0.1, -0.05) is 26.3 Å². The number of anilines is 1. The maximum absolute atomic E-state index is 5.93. The minimum atomic E-state index is 0.279. The summed E-state index contributed by atoms with van der Waals surface area (Å²) >= 11 is 0. The molecule has 1 N–H and O–H groups in total. The fraction of sp³-hybridized carbons (Fsp3) is 0.647. The van der Waals surface area contributed by atoms with Crippen LogP contribution in [0.4, 0.5) is 5.69 Å². The van der Waals surface area contributed by atoms with E-state index in [1.165, 1.54) is 18.5 Å². The Balaban J connectivity index is 2.02. The molecular weight excluding hydrogens is 248 g/mol. The van der Waals surface area contributed by atoms with Crippen LogP contribution in [0.5, 0.6) is 5.75 Å². The third-order valence-electron chi connectivity index (χ3n) is 3.99. The first-order chi connectivity index (χ1) is 9.72. The Labute approximate surface area is 123 Å². The van der Waals surface area contributed by atoms with Gasteiger partial charge in [0, 0.05) is 37.4 Å². The standard InChI is InChI=1S/C17H28N2O/c1-4-7-15-13-19(11-10-18-15)16-8-6-9-17(12-16)20-14(3)5-2/h6,8-9,12,14-15,18H,4-5,7,10-11,13H2,1-3H3. The predicted octanol–water partition coefficient (Wildman–Crippen LogP) is 3.44. The van der Waals surface area contributed by atoms with Crippen molar-refractivity contribution in [2.24, 2.45) is 0 Å². The van der Waals surface area contributed by atoms with Crippen LogP contribution in [-0.2, 0) is 0 Å². The summed E-state index contributed by atoms with van der Waals surface area (Å²) in [6, 6.07) is 9.15. The second kappa shape index (κ2) is 7.53. The summed E-state index contributed by atoms with van der Waals surface area (Å²) in [5.74, 6) is 0.988. The molecule has 1 aromatic carbocycles. The van der Waals surface area contributed by atoms with Crippen molar-refractivity contribution in [2.75, 3.05) is 24.5 Å². The summed E-state index contributed by atoms with van der Waals surface area (Å²) in [5, 5.41) is 3.60. The molecule has 1 fully saturated rings. The molecule has 0 bridgehead atoms. The van der Waals surface area contributed by atoms with Gasteiger partial charge >= 0.3 is 0 Å². The maximum atomic E-state index is 5.93. The highest BCUT2D eigenvalue weighted by Gasteiger charge is 2.19. The van der Waals surface area contributed by atoms with Gasteiger partial charge in [-0.3, -0.25) is 0 Å². The van der Waals surface area contributed by atoms with Crippen LogP contribution in [-0.4, -0.2) is 31.8 Å². The lowest BCUT2D eigenvalue weighted by molar-refractivity contribution is 0.217. The van der Waals surface area contributed by atoms with Gasteiger partial charge in [-0.15, -0.1) is 0 Å². The van der Waals surface area contributed by atoms with E-state index in [2.05, 4.69) is 55.3 Å². The van der Waals surface area contributed by atoms with Gasteiger partial charge < -0.3 is 15.0 Å². The van der Waals surface area contributed by atoms with E-state index in [0.717, 1.165) is 31.8 Å². The molecule has 2 rings (SSSR count). The molecule has 1 aliphatic rings. The fourth-order valence-corrected chi connectivity index (χ4v) is 2.67. The Morgan fingerprint density at radius 3 is 3.00 bits per heavy atom. The largest absolute Gasteiger partial charge is 0.491 e. The van der Waals surface area contributed by atoms with Crippen LogP contribution < -0.4 is 15.0 Å². The van der Waals surface area contributed by atoms with Gasteiger partial charge in [0.2, 0.25) is 0 Å². The number of piperazine rings is 1. The molecule has 0 aliphatic carbocycles. The molecule has 3 nitrogen and oxygen atoms in total. The first-order valence-electron chi connectivity index (χ1n) is 7.98. The molecule has 3 heteroatoms. The molecule has 1 aliphatic heterocycles. The topological polar surface area (TPSA) is 24.5 Å². The van der Waals surface area contributed by atoms with Gasteiger partial charge in [-0.25, -0.2) is 0 Å². The van der Waals surface area contributed by atoms with E-state index in [1.807, 2.05) is 0 Å². The molecule has 0 radical (unpaired) electrons. The molecule has 1 heterocycles. The number of rotatable bonds is 6. The average molecular weight is 276 g/mol. The number of benzene rings is 1. The monoisotopic (exact) mass is 276 g/mol. The van der Waals surface area contributed by atoms with E-state index >= 15 is 0 Å². The van der Waals surface area contributed by atoms with Gasteiger partial charge in [0.1, 0.15) is 5.75 Å². The number of ether oxygens (including phenoxy) is 1. The highest BCUT2D eigenvalue weighted by Crippen LogP contribution is 2.23. The third kappa shape index (κ3) is 4.14. The zero-order valence-corrected chi connectivity index (χ0v) is 13.1. The van der Waals surface area contributed by atoms with Gasteiger partial charge in [-0.05, 0) is 31.9 Å². The van der Waals surface area contributed by atoms with Crippen LogP contribution in [0.25, 0.3) is 0 Å². The van der Waals surface area contributed by atoms with Gasteiger partial charge in [0.25, 0.3) is 0 Å². The molecule has 0 spiro atoms. The first-order valence-corrected chi connectivity index (χ1v) is 7.98. The number of hydrogen-bond donors (Lipinski definition) is 1. The van der Waals surface area contributed by atoms with Crippen molar-refractivity contribution in [1.29, 1.82) is 0 Å². The highest BCUT2D eigenvalue weighted by molar-refractivity contribution is 5.51. The summed E-state index contributed by atoms with van der Waals surface area (Å²) < 4.78 is 5.93. The summed E-state index contributed by atoms with van der Waals surface area (Å²) in [6.45, 7) is 9.77. The van der Waals surface area contributed by atoms with Crippen molar-refractivity contribution in [3.63, 3.8) is 0 Å². The summed E-state index contributed by atoms with van der Waals surface area (Å²) in [7, 11) is 0. The Morgan fingerprint density at radius 2 is 2.25 bits per heavy atom. The smallest absolute Gasteiger partial charge is 0.121 e. The number of nitrogens with one attached hydrogen (secondary N) is 1. The van der Waals surface area contributed by atoms with Crippen molar-refractivity contribution in [2.45, 2.75) is 52.2 Å².